The van der Waals surface area contributed by atoms with Crippen molar-refractivity contribution in [2.45, 2.75) is 13.0 Å². The fraction of sp³-hybridized carbons (Fsp3) is 0.333. The van der Waals surface area contributed by atoms with Crippen molar-refractivity contribution >= 4 is 23.3 Å². The Morgan fingerprint density at radius 3 is 2.55 bits per heavy atom. The van der Waals surface area contributed by atoms with E-state index in [0.29, 0.717) is 27.9 Å². The van der Waals surface area contributed by atoms with Gasteiger partial charge in [-0.05, 0) is 31.3 Å². The molecule has 0 radical (unpaired) electrons. The predicted molar refractivity (Wildman–Crippen MR) is 85.9 cm³/mol. The summed E-state index contributed by atoms with van der Waals surface area (Å²) in [7, 11) is 4.49. The van der Waals surface area contributed by atoms with Crippen LogP contribution >= 0.6 is 12.2 Å². The second kappa shape index (κ2) is 6.65. The summed E-state index contributed by atoms with van der Waals surface area (Å²) in [4.78, 5) is 12.1. The number of thiocarbonyl (C=S) groups is 1. The van der Waals surface area contributed by atoms with Gasteiger partial charge in [0.2, 0.25) is 0 Å². The molecule has 1 aromatic rings. The molecule has 0 bridgehead atoms. The van der Waals surface area contributed by atoms with Crippen molar-refractivity contribution in [3.63, 3.8) is 0 Å². The smallest absolute Gasteiger partial charge is 0.337 e. The predicted octanol–water partition coefficient (Wildman–Crippen LogP) is 1.67. The maximum atomic E-state index is 12.1. The van der Waals surface area contributed by atoms with Crippen molar-refractivity contribution < 1.29 is 19.0 Å². The molecule has 0 aliphatic carbocycles. The normalized spacial score (nSPS) is 17.5. The SMILES string of the molecule is COC(=O)C1=C(C)NC(=S)N[C@H]1c1ccc(OC)cc1OC. The van der Waals surface area contributed by atoms with Crippen LogP contribution in [0.3, 0.4) is 0 Å². The fourth-order valence-corrected chi connectivity index (χ4v) is 2.64. The van der Waals surface area contributed by atoms with Crippen molar-refractivity contribution in [2.75, 3.05) is 21.3 Å². The molecule has 2 rings (SSSR count). The summed E-state index contributed by atoms with van der Waals surface area (Å²) in [6, 6.07) is 4.93. The zero-order valence-electron chi connectivity index (χ0n) is 12.9. The Balaban J connectivity index is 2.55. The first-order valence-electron chi connectivity index (χ1n) is 6.60. The van der Waals surface area contributed by atoms with Gasteiger partial charge in [0.05, 0.1) is 32.9 Å². The first kappa shape index (κ1) is 16.1. The molecule has 1 atom stereocenters. The monoisotopic (exact) mass is 322 g/mol. The van der Waals surface area contributed by atoms with E-state index in [1.807, 2.05) is 6.07 Å². The highest BCUT2D eigenvalue weighted by Gasteiger charge is 2.32. The molecule has 7 heteroatoms. The third-order valence-corrected chi connectivity index (χ3v) is 3.65. The molecule has 1 heterocycles. The Hall–Kier alpha value is -2.28. The minimum atomic E-state index is -0.456. The number of methoxy groups -OCH3 is 3. The van der Waals surface area contributed by atoms with Gasteiger partial charge in [-0.25, -0.2) is 4.79 Å². The lowest BCUT2D eigenvalue weighted by Gasteiger charge is -2.30. The van der Waals surface area contributed by atoms with Crippen molar-refractivity contribution in [2.24, 2.45) is 0 Å². The molecular weight excluding hydrogens is 304 g/mol. The third kappa shape index (κ3) is 2.99. The zero-order chi connectivity index (χ0) is 16.3. The molecule has 0 spiro atoms. The number of nitrogens with one attached hydrogen (secondary N) is 2. The highest BCUT2D eigenvalue weighted by atomic mass is 32.1. The van der Waals surface area contributed by atoms with Gasteiger partial charge in [-0.1, -0.05) is 0 Å². The van der Waals surface area contributed by atoms with Gasteiger partial charge in [0, 0.05) is 17.3 Å². The van der Waals surface area contributed by atoms with Gasteiger partial charge >= 0.3 is 5.97 Å². The molecule has 0 unspecified atom stereocenters. The minimum absolute atomic E-state index is 0.428. The fourth-order valence-electron chi connectivity index (χ4n) is 2.36. The topological polar surface area (TPSA) is 68.8 Å². The standard InChI is InChI=1S/C15H18N2O4S/c1-8-12(14(18)21-4)13(17-15(22)16-8)10-6-5-9(19-2)7-11(10)20-3/h5-7,13H,1-4H3,(H2,16,17,22)/t13-/m0/s1. The Morgan fingerprint density at radius 1 is 1.23 bits per heavy atom. The van der Waals surface area contributed by atoms with Gasteiger partial charge in [-0.3, -0.25) is 0 Å². The Morgan fingerprint density at radius 2 is 1.95 bits per heavy atom. The van der Waals surface area contributed by atoms with Crippen LogP contribution in [-0.4, -0.2) is 32.4 Å². The zero-order valence-corrected chi connectivity index (χ0v) is 13.7. The molecule has 0 saturated carbocycles. The summed E-state index contributed by atoms with van der Waals surface area (Å²) in [5, 5.41) is 6.46. The molecule has 0 saturated heterocycles. The average molecular weight is 322 g/mol. The summed E-state index contributed by atoms with van der Waals surface area (Å²) in [6.45, 7) is 1.78. The number of hydrogen-bond donors (Lipinski definition) is 2. The van der Waals surface area contributed by atoms with E-state index < -0.39 is 12.0 Å². The van der Waals surface area contributed by atoms with Crippen molar-refractivity contribution in [3.05, 3.63) is 35.0 Å². The van der Waals surface area contributed by atoms with E-state index in [4.69, 9.17) is 26.4 Å². The first-order valence-corrected chi connectivity index (χ1v) is 7.01. The van der Waals surface area contributed by atoms with E-state index in [9.17, 15) is 4.79 Å². The third-order valence-electron chi connectivity index (χ3n) is 3.43. The number of benzene rings is 1. The van der Waals surface area contributed by atoms with Gasteiger partial charge < -0.3 is 24.8 Å². The lowest BCUT2D eigenvalue weighted by molar-refractivity contribution is -0.136. The molecule has 0 amide bonds. The van der Waals surface area contributed by atoms with Gasteiger partial charge in [-0.15, -0.1) is 0 Å². The minimum Gasteiger partial charge on any atom is -0.497 e. The number of allylic oxidation sites excluding steroid dienone is 1. The molecule has 2 N–H and O–H groups in total. The molecule has 118 valence electrons. The lowest BCUT2D eigenvalue weighted by atomic mass is 9.95. The van der Waals surface area contributed by atoms with E-state index in [0.717, 1.165) is 5.56 Å². The Labute approximate surface area is 134 Å². The summed E-state index contributed by atoms with van der Waals surface area (Å²) >= 11 is 5.19. The molecule has 1 aliphatic rings. The Kier molecular flexibility index (Phi) is 4.87. The van der Waals surface area contributed by atoms with Crippen LogP contribution in [0, 0.1) is 0 Å². The van der Waals surface area contributed by atoms with E-state index in [1.54, 1.807) is 33.3 Å². The summed E-state index contributed by atoms with van der Waals surface area (Å²) < 4.78 is 15.5. The lowest BCUT2D eigenvalue weighted by Crippen LogP contribution is -2.45. The van der Waals surface area contributed by atoms with Gasteiger partial charge in [0.1, 0.15) is 11.5 Å². The Bertz CT molecular complexity index is 642. The molecule has 0 fully saturated rings. The van der Waals surface area contributed by atoms with E-state index in [-0.39, 0.29) is 0 Å². The van der Waals surface area contributed by atoms with Gasteiger partial charge in [0.25, 0.3) is 0 Å². The summed E-state index contributed by atoms with van der Waals surface area (Å²) in [5.41, 5.74) is 1.88. The highest BCUT2D eigenvalue weighted by Crippen LogP contribution is 2.35. The first-order chi connectivity index (χ1) is 10.5. The van der Waals surface area contributed by atoms with Crippen molar-refractivity contribution in [1.29, 1.82) is 0 Å². The molecule has 0 aromatic heterocycles. The van der Waals surface area contributed by atoms with Crippen molar-refractivity contribution in [3.8, 4) is 11.5 Å². The number of carbonyl (C=O) groups is 1. The summed E-state index contributed by atoms with van der Waals surface area (Å²) in [6.07, 6.45) is 0. The van der Waals surface area contributed by atoms with Crippen LogP contribution in [0.25, 0.3) is 0 Å². The molecular formula is C15H18N2O4S. The van der Waals surface area contributed by atoms with Crippen LogP contribution in [0.4, 0.5) is 0 Å². The van der Waals surface area contributed by atoms with Gasteiger partial charge in [0.15, 0.2) is 5.11 Å². The van der Waals surface area contributed by atoms with Crippen LogP contribution in [0.1, 0.15) is 18.5 Å². The maximum Gasteiger partial charge on any atom is 0.337 e. The summed E-state index contributed by atoms with van der Waals surface area (Å²) in [5.74, 6) is 0.830. The molecule has 1 aromatic carbocycles. The van der Waals surface area contributed by atoms with Crippen LogP contribution in [0.2, 0.25) is 0 Å². The largest absolute Gasteiger partial charge is 0.497 e. The van der Waals surface area contributed by atoms with Crippen LogP contribution in [0.5, 0.6) is 11.5 Å². The molecule has 22 heavy (non-hydrogen) atoms. The highest BCUT2D eigenvalue weighted by molar-refractivity contribution is 7.80. The van der Waals surface area contributed by atoms with E-state index in [2.05, 4.69) is 10.6 Å². The van der Waals surface area contributed by atoms with E-state index >= 15 is 0 Å². The second-order valence-electron chi connectivity index (χ2n) is 4.67. The van der Waals surface area contributed by atoms with Crippen LogP contribution in [-0.2, 0) is 9.53 Å². The van der Waals surface area contributed by atoms with Crippen LogP contribution in [0.15, 0.2) is 29.5 Å². The maximum absolute atomic E-state index is 12.1. The number of carbonyl (C=O) groups excluding carboxylic acids is 1. The van der Waals surface area contributed by atoms with Gasteiger partial charge in [-0.2, -0.15) is 0 Å². The number of esters is 1. The average Bonchev–Trinajstić information content (AvgIpc) is 2.52. The number of rotatable bonds is 4. The number of ether oxygens (including phenoxy) is 3. The van der Waals surface area contributed by atoms with E-state index in [1.165, 1.54) is 7.11 Å². The second-order valence-corrected chi connectivity index (χ2v) is 5.08. The van der Waals surface area contributed by atoms with Crippen molar-refractivity contribution in [1.82, 2.24) is 10.6 Å². The molecule has 6 nitrogen and oxygen atoms in total. The quantitative estimate of drug-likeness (QED) is 0.645. The molecule has 1 aliphatic heterocycles. The number of hydrogen-bond acceptors (Lipinski definition) is 5. The van der Waals surface area contributed by atoms with Crippen LogP contribution < -0.4 is 20.1 Å².